The maximum Gasteiger partial charge on any atom is 0.245 e. The van der Waals surface area contributed by atoms with E-state index in [-0.39, 0.29) is 49.1 Å². The van der Waals surface area contributed by atoms with Crippen LogP contribution < -0.4 is 27.0 Å². The number of amides is 4. The van der Waals surface area contributed by atoms with Crippen molar-refractivity contribution in [3.63, 3.8) is 0 Å². The number of unbranched alkanes of at least 4 members (excludes halogenated alkanes) is 1. The van der Waals surface area contributed by atoms with Crippen LogP contribution in [0.4, 0.5) is 0 Å². The number of benzene rings is 2. The second kappa shape index (κ2) is 20.1. The van der Waals surface area contributed by atoms with Gasteiger partial charge in [-0.3, -0.25) is 19.2 Å². The van der Waals surface area contributed by atoms with Gasteiger partial charge < -0.3 is 36.6 Å². The highest BCUT2D eigenvalue weighted by Gasteiger charge is 2.38. The zero-order valence-electron chi connectivity index (χ0n) is 28.2. The van der Waals surface area contributed by atoms with Gasteiger partial charge in [0.15, 0.2) is 0 Å². The molecule has 0 spiro atoms. The molecule has 0 radical (unpaired) electrons. The zero-order chi connectivity index (χ0) is 33.6. The van der Waals surface area contributed by atoms with Crippen LogP contribution in [-0.4, -0.2) is 92.1 Å². The van der Waals surface area contributed by atoms with E-state index in [9.17, 15) is 19.2 Å². The predicted octanol–water partition coefficient (Wildman–Crippen LogP) is 2.28. The molecule has 12 heteroatoms. The molecule has 2 aromatic rings. The Labute approximate surface area is 290 Å². The highest BCUT2D eigenvalue weighted by molar-refractivity contribution is 5.94. The number of nitrogens with one attached hydrogen (secondary N) is 4. The first-order valence-electron chi connectivity index (χ1n) is 17.0. The Hall–Kier alpha value is -3.51. The molecule has 0 bridgehead atoms. The third-order valence-corrected chi connectivity index (χ3v) is 8.70. The highest BCUT2D eigenvalue weighted by atomic mass is 35.5. The summed E-state index contributed by atoms with van der Waals surface area (Å²) in [6.45, 7) is 6.38. The van der Waals surface area contributed by atoms with E-state index in [1.807, 2.05) is 62.4 Å². The number of halogens is 1. The molecule has 2 aliphatic rings. The molecule has 4 rings (SSSR count). The van der Waals surface area contributed by atoms with Gasteiger partial charge in [0.05, 0.1) is 19.8 Å². The van der Waals surface area contributed by atoms with Gasteiger partial charge in [-0.25, -0.2) is 0 Å². The number of hydrogen-bond acceptors (Lipinski definition) is 7. The van der Waals surface area contributed by atoms with Gasteiger partial charge in [-0.2, -0.15) is 0 Å². The number of nitrogens with zero attached hydrogens (tertiary/aromatic N) is 1. The topological polar surface area (TPSA) is 155 Å². The average Bonchev–Trinajstić information content (AvgIpc) is 3.87. The van der Waals surface area contributed by atoms with E-state index in [0.717, 1.165) is 18.4 Å². The largest absolute Gasteiger partial charge is 0.378 e. The Bertz CT molecular complexity index is 1290. The van der Waals surface area contributed by atoms with Crippen molar-refractivity contribution < 1.29 is 23.9 Å². The van der Waals surface area contributed by atoms with Crippen LogP contribution in [0.15, 0.2) is 60.7 Å². The fraction of sp³-hybridized carbons (Fsp3) is 0.556. The number of rotatable bonds is 18. The molecular weight excluding hydrogens is 632 g/mol. The van der Waals surface area contributed by atoms with Crippen molar-refractivity contribution >= 4 is 36.0 Å². The van der Waals surface area contributed by atoms with E-state index in [0.29, 0.717) is 58.0 Å². The second-order valence-electron chi connectivity index (χ2n) is 13.0. The van der Waals surface area contributed by atoms with E-state index in [2.05, 4.69) is 33.4 Å². The van der Waals surface area contributed by atoms with Gasteiger partial charge in [0.1, 0.15) is 18.1 Å². The summed E-state index contributed by atoms with van der Waals surface area (Å²) in [5.41, 5.74) is 7.82. The number of ether oxygens (including phenoxy) is 1. The van der Waals surface area contributed by atoms with Crippen molar-refractivity contribution in [1.82, 2.24) is 26.2 Å². The Morgan fingerprint density at radius 1 is 0.854 bits per heavy atom. The molecule has 0 unspecified atom stereocenters. The minimum Gasteiger partial charge on any atom is -0.378 e. The van der Waals surface area contributed by atoms with Crippen molar-refractivity contribution in [3.8, 4) is 0 Å². The third-order valence-electron chi connectivity index (χ3n) is 8.70. The van der Waals surface area contributed by atoms with E-state index < -0.39 is 29.9 Å². The van der Waals surface area contributed by atoms with Crippen molar-refractivity contribution in [1.29, 1.82) is 0 Å². The fourth-order valence-electron chi connectivity index (χ4n) is 6.02. The predicted molar refractivity (Wildman–Crippen MR) is 189 cm³/mol. The van der Waals surface area contributed by atoms with Gasteiger partial charge >= 0.3 is 0 Å². The Morgan fingerprint density at radius 3 is 2.12 bits per heavy atom. The van der Waals surface area contributed by atoms with Gasteiger partial charge in [-0.15, -0.1) is 12.4 Å². The lowest BCUT2D eigenvalue weighted by Crippen LogP contribution is -2.58. The molecule has 11 nitrogen and oxygen atoms in total. The summed E-state index contributed by atoms with van der Waals surface area (Å²) in [7, 11) is 0. The van der Waals surface area contributed by atoms with Crippen LogP contribution in [0.2, 0.25) is 0 Å². The molecule has 264 valence electrons. The molecule has 1 heterocycles. The standard InChI is InChI=1S/C36H52N6O5.ClH/c1-25(2)21-31(34(44)40-29(15-9-10-16-37)36(46)42-17-19-47-20-18-42)41-35(45)32(22-26-11-5-3-6-12-26)39-33(43)24-38-30-23-28(30)27-13-7-4-8-14-27;/h3-8,11-14,25,28-32,38H,9-10,15-24,37H2,1-2H3,(H,39,43)(H,40,44)(H,41,45);1H/t28-,29-,30+,31-,32-;/m1./s1. The maximum atomic E-state index is 13.8. The smallest absolute Gasteiger partial charge is 0.245 e. The molecule has 5 atom stereocenters. The Balaban J connectivity index is 0.00000625. The van der Waals surface area contributed by atoms with Crippen LogP contribution in [0, 0.1) is 5.92 Å². The van der Waals surface area contributed by atoms with E-state index in [1.165, 1.54) is 5.56 Å². The minimum atomic E-state index is -0.895. The summed E-state index contributed by atoms with van der Waals surface area (Å²) >= 11 is 0. The van der Waals surface area contributed by atoms with Gasteiger partial charge in [-0.05, 0) is 55.7 Å². The molecular formula is C36H53ClN6O5. The summed E-state index contributed by atoms with van der Waals surface area (Å²) in [4.78, 5) is 55.8. The lowest BCUT2D eigenvalue weighted by Gasteiger charge is -2.32. The summed E-state index contributed by atoms with van der Waals surface area (Å²) in [5.74, 6) is -0.855. The summed E-state index contributed by atoms with van der Waals surface area (Å²) in [6, 6.07) is 17.4. The summed E-state index contributed by atoms with van der Waals surface area (Å²) < 4.78 is 5.40. The first kappa shape index (κ1) is 38.9. The van der Waals surface area contributed by atoms with Crippen molar-refractivity contribution in [2.45, 2.75) is 82.5 Å². The Morgan fingerprint density at radius 2 is 1.48 bits per heavy atom. The number of carbonyl (C=O) groups excluding carboxylic acids is 4. The molecule has 6 N–H and O–H groups in total. The Kier molecular flexibility index (Phi) is 16.3. The SMILES string of the molecule is CC(C)C[C@@H](NC(=O)[C@@H](Cc1ccccc1)NC(=O)CN[C@H]1C[C@@H]1c1ccccc1)C(=O)N[C@H](CCCCN)C(=O)N1CCOCC1.Cl. The monoisotopic (exact) mass is 684 g/mol. The number of hydrogen-bond donors (Lipinski definition) is 5. The molecule has 1 aliphatic carbocycles. The molecule has 4 amide bonds. The molecule has 2 aromatic carbocycles. The first-order valence-corrected chi connectivity index (χ1v) is 17.0. The van der Waals surface area contributed by atoms with Crippen molar-refractivity contribution in [3.05, 3.63) is 71.8 Å². The normalized spacial score (nSPS) is 19.0. The highest BCUT2D eigenvalue weighted by Crippen LogP contribution is 2.40. The average molecular weight is 685 g/mol. The van der Waals surface area contributed by atoms with Crippen LogP contribution in [0.5, 0.6) is 0 Å². The van der Waals surface area contributed by atoms with E-state index in [1.54, 1.807) is 4.90 Å². The molecule has 1 saturated carbocycles. The van der Waals surface area contributed by atoms with E-state index in [4.69, 9.17) is 10.5 Å². The third kappa shape index (κ3) is 12.5. The molecule has 1 aliphatic heterocycles. The number of nitrogens with two attached hydrogens (primary N) is 1. The van der Waals surface area contributed by atoms with Crippen molar-refractivity contribution in [2.75, 3.05) is 39.4 Å². The summed E-state index contributed by atoms with van der Waals surface area (Å²) in [5, 5.41) is 12.1. The van der Waals surface area contributed by atoms with Crippen LogP contribution in [0.25, 0.3) is 0 Å². The fourth-order valence-corrected chi connectivity index (χ4v) is 6.02. The van der Waals surface area contributed by atoms with Crippen LogP contribution in [0.1, 0.15) is 63.0 Å². The molecule has 2 fully saturated rings. The first-order chi connectivity index (χ1) is 22.7. The maximum absolute atomic E-state index is 13.8. The van der Waals surface area contributed by atoms with Gasteiger partial charge in [0, 0.05) is 31.5 Å². The van der Waals surface area contributed by atoms with Crippen molar-refractivity contribution in [2.24, 2.45) is 11.7 Å². The van der Waals surface area contributed by atoms with Crippen LogP contribution in [-0.2, 0) is 30.3 Å². The quantitative estimate of drug-likeness (QED) is 0.151. The molecule has 0 aromatic heterocycles. The molecule has 1 saturated heterocycles. The minimum absolute atomic E-state index is 0. The van der Waals surface area contributed by atoms with Crippen LogP contribution in [0.3, 0.4) is 0 Å². The number of carbonyl (C=O) groups is 4. The lowest BCUT2D eigenvalue weighted by atomic mass is 10.00. The van der Waals surface area contributed by atoms with Crippen LogP contribution >= 0.6 is 12.4 Å². The second-order valence-corrected chi connectivity index (χ2v) is 13.0. The van der Waals surface area contributed by atoms with Gasteiger partial charge in [0.2, 0.25) is 23.6 Å². The summed E-state index contributed by atoms with van der Waals surface area (Å²) in [6.07, 6.45) is 3.46. The van der Waals surface area contributed by atoms with Gasteiger partial charge in [0.25, 0.3) is 0 Å². The molecule has 48 heavy (non-hydrogen) atoms. The van der Waals surface area contributed by atoms with Gasteiger partial charge in [-0.1, -0.05) is 74.5 Å². The lowest BCUT2D eigenvalue weighted by molar-refractivity contribution is -0.141. The zero-order valence-corrected chi connectivity index (χ0v) is 29.0. The van der Waals surface area contributed by atoms with E-state index >= 15 is 0 Å². The number of morpholine rings is 1.